The lowest BCUT2D eigenvalue weighted by Crippen LogP contribution is -2.36. The Bertz CT molecular complexity index is 874. The number of morpholine rings is 1. The van der Waals surface area contributed by atoms with Gasteiger partial charge >= 0.3 is 0 Å². The third kappa shape index (κ3) is 2.74. The van der Waals surface area contributed by atoms with E-state index in [1.54, 1.807) is 12.3 Å². The van der Waals surface area contributed by atoms with E-state index in [0.717, 1.165) is 29.7 Å². The van der Waals surface area contributed by atoms with E-state index in [9.17, 15) is 4.39 Å². The molecule has 1 aliphatic heterocycles. The van der Waals surface area contributed by atoms with Crippen molar-refractivity contribution in [3.8, 4) is 11.5 Å². The molecule has 1 saturated heterocycles. The second-order valence-corrected chi connectivity index (χ2v) is 5.67. The Morgan fingerprint density at radius 2 is 2.00 bits per heavy atom. The van der Waals surface area contributed by atoms with Crippen LogP contribution in [0.5, 0.6) is 11.5 Å². The van der Waals surface area contributed by atoms with Crippen LogP contribution in [0.3, 0.4) is 0 Å². The number of anilines is 2. The van der Waals surface area contributed by atoms with Crippen LogP contribution in [0.25, 0.3) is 10.9 Å². The molecular weight excluding hydrogens is 311 g/mol. The quantitative estimate of drug-likeness (QED) is 0.723. The summed E-state index contributed by atoms with van der Waals surface area (Å²) in [5, 5.41) is 7.91. The van der Waals surface area contributed by atoms with Crippen LogP contribution in [0, 0.1) is 5.82 Å². The lowest BCUT2D eigenvalue weighted by molar-refractivity contribution is 0.122. The van der Waals surface area contributed by atoms with Crippen molar-refractivity contribution in [2.45, 2.75) is 0 Å². The molecule has 0 bridgehead atoms. The maximum Gasteiger partial charge on any atom is 0.167 e. The molecule has 7 heteroatoms. The minimum absolute atomic E-state index is 0.140. The molecule has 4 rings (SSSR count). The fraction of sp³-hybridized carbons (Fsp3) is 0.235. The number of nitrogens with one attached hydrogen (secondary N) is 1. The van der Waals surface area contributed by atoms with Gasteiger partial charge < -0.3 is 20.1 Å². The first kappa shape index (κ1) is 14.8. The van der Waals surface area contributed by atoms with E-state index >= 15 is 0 Å². The number of hydrogen-bond donors (Lipinski definition) is 2. The Labute approximate surface area is 138 Å². The molecule has 0 unspecified atom stereocenters. The van der Waals surface area contributed by atoms with E-state index in [1.807, 2.05) is 12.1 Å². The number of nitrogens with zero attached hydrogens (tertiary/aromatic N) is 2. The normalized spacial score (nSPS) is 15.0. The van der Waals surface area contributed by atoms with Crippen molar-refractivity contribution in [3.63, 3.8) is 0 Å². The number of aromatic amines is 1. The minimum atomic E-state index is -0.491. The van der Waals surface area contributed by atoms with E-state index in [0.29, 0.717) is 24.7 Å². The Balaban J connectivity index is 1.76. The lowest BCUT2D eigenvalue weighted by Gasteiger charge is -2.30. The lowest BCUT2D eigenvalue weighted by atomic mass is 10.2. The number of fused-ring (bicyclic) bond motifs is 1. The van der Waals surface area contributed by atoms with Crippen LogP contribution in [0.4, 0.5) is 15.8 Å². The van der Waals surface area contributed by atoms with Gasteiger partial charge in [0.2, 0.25) is 0 Å². The topological polar surface area (TPSA) is 76.4 Å². The molecular formula is C17H17FN4O2. The number of aromatic nitrogens is 2. The van der Waals surface area contributed by atoms with Crippen molar-refractivity contribution >= 4 is 22.3 Å². The average molecular weight is 328 g/mol. The summed E-state index contributed by atoms with van der Waals surface area (Å²) in [6.07, 6.45) is 1.71. The van der Waals surface area contributed by atoms with Gasteiger partial charge in [0.1, 0.15) is 0 Å². The summed E-state index contributed by atoms with van der Waals surface area (Å²) in [6, 6.07) is 8.23. The Hall–Kier alpha value is -2.80. The van der Waals surface area contributed by atoms with Gasteiger partial charge in [-0.1, -0.05) is 0 Å². The summed E-state index contributed by atoms with van der Waals surface area (Å²) in [7, 11) is 0. The molecule has 3 aromatic rings. The summed E-state index contributed by atoms with van der Waals surface area (Å²) in [6.45, 7) is 2.80. The summed E-state index contributed by atoms with van der Waals surface area (Å²) in [5.41, 5.74) is 7.74. The molecule has 1 fully saturated rings. The Kier molecular flexibility index (Phi) is 3.70. The van der Waals surface area contributed by atoms with Crippen molar-refractivity contribution in [1.82, 2.24) is 10.2 Å². The first-order chi connectivity index (χ1) is 11.7. The molecule has 0 amide bonds. The predicted molar refractivity (Wildman–Crippen MR) is 90.0 cm³/mol. The molecule has 24 heavy (non-hydrogen) atoms. The highest BCUT2D eigenvalue weighted by Crippen LogP contribution is 2.37. The zero-order valence-electron chi connectivity index (χ0n) is 13.0. The van der Waals surface area contributed by atoms with Crippen molar-refractivity contribution in [1.29, 1.82) is 0 Å². The zero-order chi connectivity index (χ0) is 16.5. The molecule has 0 spiro atoms. The summed E-state index contributed by atoms with van der Waals surface area (Å²) >= 11 is 0. The van der Waals surface area contributed by atoms with E-state index in [4.69, 9.17) is 15.2 Å². The standard InChI is InChI=1S/C17H17FN4O2/c18-13-8-12(19)1-2-16(13)24-17-7-11-10-20-21-14(11)9-15(17)22-3-5-23-6-4-22/h1-2,7-10H,3-6,19H2,(H,20,21). The first-order valence-corrected chi connectivity index (χ1v) is 7.73. The SMILES string of the molecule is Nc1ccc(Oc2cc3cn[nH]c3cc2N2CCOCC2)c(F)c1. The van der Waals surface area contributed by atoms with Gasteiger partial charge in [-0.15, -0.1) is 0 Å². The van der Waals surface area contributed by atoms with E-state index in [-0.39, 0.29) is 5.75 Å². The van der Waals surface area contributed by atoms with Gasteiger partial charge in [0, 0.05) is 30.2 Å². The van der Waals surface area contributed by atoms with Gasteiger partial charge in [-0.05, 0) is 24.3 Å². The van der Waals surface area contributed by atoms with E-state index in [2.05, 4.69) is 15.1 Å². The highest BCUT2D eigenvalue weighted by molar-refractivity contribution is 5.86. The number of nitrogens with two attached hydrogens (primary N) is 1. The van der Waals surface area contributed by atoms with Crippen LogP contribution < -0.4 is 15.4 Å². The number of H-pyrrole nitrogens is 1. The summed E-state index contributed by atoms with van der Waals surface area (Å²) < 4.78 is 25.4. The molecule has 2 heterocycles. The third-order valence-corrected chi connectivity index (χ3v) is 4.05. The van der Waals surface area contributed by atoms with Crippen LogP contribution >= 0.6 is 0 Å². The maximum atomic E-state index is 14.1. The van der Waals surface area contributed by atoms with Crippen LogP contribution in [0.1, 0.15) is 0 Å². The van der Waals surface area contributed by atoms with Gasteiger partial charge in [-0.25, -0.2) is 4.39 Å². The van der Waals surface area contributed by atoms with Crippen LogP contribution in [0.2, 0.25) is 0 Å². The predicted octanol–water partition coefficient (Wildman–Crippen LogP) is 2.91. The third-order valence-electron chi connectivity index (χ3n) is 4.05. The smallest absolute Gasteiger partial charge is 0.167 e. The highest BCUT2D eigenvalue weighted by atomic mass is 19.1. The van der Waals surface area contributed by atoms with Gasteiger partial charge in [0.25, 0.3) is 0 Å². The van der Waals surface area contributed by atoms with Crippen LogP contribution in [-0.4, -0.2) is 36.5 Å². The molecule has 2 aromatic carbocycles. The number of hydrogen-bond acceptors (Lipinski definition) is 5. The number of ether oxygens (including phenoxy) is 2. The average Bonchev–Trinajstić information content (AvgIpc) is 3.05. The second kappa shape index (κ2) is 6.01. The van der Waals surface area contributed by atoms with Gasteiger partial charge in [0.05, 0.1) is 30.6 Å². The molecule has 0 atom stereocenters. The molecule has 1 aromatic heterocycles. The molecule has 3 N–H and O–H groups in total. The second-order valence-electron chi connectivity index (χ2n) is 5.67. The molecule has 1 aliphatic rings. The largest absolute Gasteiger partial charge is 0.452 e. The van der Waals surface area contributed by atoms with Gasteiger partial charge in [0.15, 0.2) is 17.3 Å². The van der Waals surface area contributed by atoms with Crippen molar-refractivity contribution in [2.75, 3.05) is 36.9 Å². The first-order valence-electron chi connectivity index (χ1n) is 7.73. The maximum absolute atomic E-state index is 14.1. The van der Waals surface area contributed by atoms with Crippen molar-refractivity contribution in [3.05, 3.63) is 42.3 Å². The molecule has 124 valence electrons. The van der Waals surface area contributed by atoms with Gasteiger partial charge in [-0.3, -0.25) is 5.10 Å². The fourth-order valence-corrected chi connectivity index (χ4v) is 2.81. The zero-order valence-corrected chi connectivity index (χ0v) is 13.0. The Morgan fingerprint density at radius 3 is 2.79 bits per heavy atom. The summed E-state index contributed by atoms with van der Waals surface area (Å²) in [4.78, 5) is 2.16. The molecule has 0 saturated carbocycles. The number of rotatable bonds is 3. The van der Waals surface area contributed by atoms with Crippen LogP contribution in [0.15, 0.2) is 36.5 Å². The van der Waals surface area contributed by atoms with Crippen molar-refractivity contribution < 1.29 is 13.9 Å². The number of halogens is 1. The molecule has 0 aliphatic carbocycles. The molecule has 0 radical (unpaired) electrons. The Morgan fingerprint density at radius 1 is 1.17 bits per heavy atom. The summed E-state index contributed by atoms with van der Waals surface area (Å²) in [5.74, 6) is 0.228. The van der Waals surface area contributed by atoms with Crippen molar-refractivity contribution in [2.24, 2.45) is 0 Å². The number of nitrogen functional groups attached to an aromatic ring is 1. The molecule has 6 nitrogen and oxygen atoms in total. The fourth-order valence-electron chi connectivity index (χ4n) is 2.81. The minimum Gasteiger partial charge on any atom is -0.452 e. The van der Waals surface area contributed by atoms with Gasteiger partial charge in [-0.2, -0.15) is 5.10 Å². The van der Waals surface area contributed by atoms with E-state index in [1.165, 1.54) is 12.1 Å². The monoisotopic (exact) mass is 328 g/mol. The van der Waals surface area contributed by atoms with E-state index < -0.39 is 5.82 Å². The highest BCUT2D eigenvalue weighted by Gasteiger charge is 2.19. The van der Waals surface area contributed by atoms with Crippen LogP contribution in [-0.2, 0) is 4.74 Å². The number of benzene rings is 2.